The molecule has 2 aromatic heterocycles. The average molecular weight is 398 g/mol. The molecule has 2 aliphatic rings. The molecule has 10 nitrogen and oxygen atoms in total. The summed E-state index contributed by atoms with van der Waals surface area (Å²) in [5.41, 5.74) is 0.479. The highest BCUT2D eigenvalue weighted by molar-refractivity contribution is 5.93. The van der Waals surface area contributed by atoms with Gasteiger partial charge in [-0.05, 0) is 6.07 Å². The van der Waals surface area contributed by atoms with Crippen LogP contribution in [0.4, 0.5) is 11.9 Å². The molecule has 0 aliphatic carbocycles. The van der Waals surface area contributed by atoms with Gasteiger partial charge in [0.15, 0.2) is 0 Å². The highest BCUT2D eigenvalue weighted by Crippen LogP contribution is 2.14. The summed E-state index contributed by atoms with van der Waals surface area (Å²) in [5.74, 6) is 1.25. The molecule has 0 aromatic carbocycles. The molecular formula is C19H26N8O2. The predicted molar refractivity (Wildman–Crippen MR) is 108 cm³/mol. The Morgan fingerprint density at radius 1 is 0.897 bits per heavy atom. The van der Waals surface area contributed by atoms with Gasteiger partial charge in [-0.1, -0.05) is 0 Å². The molecule has 1 N–H and O–H groups in total. The van der Waals surface area contributed by atoms with Gasteiger partial charge in [-0.3, -0.25) is 9.69 Å². The Labute approximate surface area is 169 Å². The second-order valence-electron chi connectivity index (χ2n) is 7.00. The van der Waals surface area contributed by atoms with Crippen molar-refractivity contribution >= 4 is 17.8 Å². The summed E-state index contributed by atoms with van der Waals surface area (Å²) in [6, 6.07) is 1.81. The third-order valence-electron chi connectivity index (χ3n) is 5.12. The second-order valence-corrected chi connectivity index (χ2v) is 7.00. The molecule has 154 valence electrons. The van der Waals surface area contributed by atoms with E-state index in [-0.39, 0.29) is 5.91 Å². The van der Waals surface area contributed by atoms with E-state index in [1.807, 2.05) is 6.07 Å². The number of carbonyl (C=O) groups excluding carboxylic acids is 1. The first kappa shape index (κ1) is 19.5. The first-order chi connectivity index (χ1) is 14.3. The van der Waals surface area contributed by atoms with Crippen LogP contribution >= 0.6 is 0 Å². The van der Waals surface area contributed by atoms with Gasteiger partial charge in [0.1, 0.15) is 0 Å². The van der Waals surface area contributed by atoms with E-state index in [9.17, 15) is 4.79 Å². The molecule has 2 aromatic rings. The number of nitrogens with one attached hydrogen (secondary N) is 1. The van der Waals surface area contributed by atoms with Crippen LogP contribution in [0.1, 0.15) is 10.4 Å². The smallest absolute Gasteiger partial charge is 0.254 e. The van der Waals surface area contributed by atoms with Gasteiger partial charge < -0.3 is 19.9 Å². The number of aromatic nitrogens is 4. The van der Waals surface area contributed by atoms with Crippen LogP contribution in [0.15, 0.2) is 30.9 Å². The normalized spacial score (nSPS) is 17.9. The molecular weight excluding hydrogens is 372 g/mol. The van der Waals surface area contributed by atoms with Crippen LogP contribution in [0.2, 0.25) is 0 Å². The van der Waals surface area contributed by atoms with E-state index in [4.69, 9.17) is 4.74 Å². The maximum atomic E-state index is 12.3. The molecule has 0 atom stereocenters. The average Bonchev–Trinajstić information content (AvgIpc) is 2.80. The van der Waals surface area contributed by atoms with Gasteiger partial charge in [0.25, 0.3) is 5.91 Å². The van der Waals surface area contributed by atoms with Crippen molar-refractivity contribution in [3.05, 3.63) is 36.4 Å². The molecule has 0 saturated carbocycles. The molecule has 2 fully saturated rings. The SMILES string of the molecule is O=C(NCCN1CCOCC1)c1cnc(N2CCN(c3ncccn3)CC2)nc1. The molecule has 4 heterocycles. The Hall–Kier alpha value is -2.85. The van der Waals surface area contributed by atoms with Crippen LogP contribution in [-0.2, 0) is 4.74 Å². The van der Waals surface area contributed by atoms with E-state index in [1.165, 1.54) is 0 Å². The summed E-state index contributed by atoms with van der Waals surface area (Å²) in [6.45, 7) is 7.94. The molecule has 10 heteroatoms. The van der Waals surface area contributed by atoms with E-state index >= 15 is 0 Å². The lowest BCUT2D eigenvalue weighted by Crippen LogP contribution is -2.47. The lowest BCUT2D eigenvalue weighted by atomic mass is 10.3. The number of hydrogen-bond acceptors (Lipinski definition) is 9. The zero-order valence-electron chi connectivity index (χ0n) is 16.4. The Morgan fingerprint density at radius 3 is 2.10 bits per heavy atom. The molecule has 4 rings (SSSR count). The Morgan fingerprint density at radius 2 is 1.48 bits per heavy atom. The molecule has 0 unspecified atom stereocenters. The van der Waals surface area contributed by atoms with Gasteiger partial charge in [-0.25, -0.2) is 19.9 Å². The summed E-state index contributed by atoms with van der Waals surface area (Å²) < 4.78 is 5.33. The van der Waals surface area contributed by atoms with Crippen molar-refractivity contribution in [2.75, 3.05) is 75.4 Å². The van der Waals surface area contributed by atoms with Crippen LogP contribution in [0.5, 0.6) is 0 Å². The highest BCUT2D eigenvalue weighted by atomic mass is 16.5. The summed E-state index contributed by atoms with van der Waals surface area (Å²) in [4.78, 5) is 36.2. The van der Waals surface area contributed by atoms with Crippen LogP contribution in [0, 0.1) is 0 Å². The summed E-state index contributed by atoms with van der Waals surface area (Å²) in [5, 5.41) is 2.93. The summed E-state index contributed by atoms with van der Waals surface area (Å²) in [6.07, 6.45) is 6.70. The van der Waals surface area contributed by atoms with E-state index in [1.54, 1.807) is 24.8 Å². The quantitative estimate of drug-likeness (QED) is 0.700. The molecule has 0 radical (unpaired) electrons. The number of morpholine rings is 1. The Balaban J connectivity index is 1.24. The lowest BCUT2D eigenvalue weighted by Gasteiger charge is -2.34. The summed E-state index contributed by atoms with van der Waals surface area (Å²) in [7, 11) is 0. The molecule has 1 amide bonds. The third-order valence-corrected chi connectivity index (χ3v) is 5.12. The molecule has 2 aliphatic heterocycles. The van der Waals surface area contributed by atoms with Gasteiger partial charge in [-0.15, -0.1) is 0 Å². The first-order valence-corrected chi connectivity index (χ1v) is 9.97. The van der Waals surface area contributed by atoms with Crippen molar-refractivity contribution in [1.29, 1.82) is 0 Å². The second kappa shape index (κ2) is 9.57. The highest BCUT2D eigenvalue weighted by Gasteiger charge is 2.21. The van der Waals surface area contributed by atoms with Crippen LogP contribution in [0.25, 0.3) is 0 Å². The minimum Gasteiger partial charge on any atom is -0.379 e. The molecule has 0 bridgehead atoms. The number of piperazine rings is 1. The van der Waals surface area contributed by atoms with Gasteiger partial charge in [0.2, 0.25) is 11.9 Å². The largest absolute Gasteiger partial charge is 0.379 e. The van der Waals surface area contributed by atoms with Gasteiger partial charge in [0, 0.05) is 77.1 Å². The number of rotatable bonds is 6. The van der Waals surface area contributed by atoms with Crippen LogP contribution < -0.4 is 15.1 Å². The van der Waals surface area contributed by atoms with Gasteiger partial charge in [0.05, 0.1) is 18.8 Å². The monoisotopic (exact) mass is 398 g/mol. The van der Waals surface area contributed by atoms with Crippen molar-refractivity contribution in [2.24, 2.45) is 0 Å². The van der Waals surface area contributed by atoms with Crippen LogP contribution in [-0.4, -0.2) is 96.3 Å². The summed E-state index contributed by atoms with van der Waals surface area (Å²) >= 11 is 0. The molecule has 0 spiro atoms. The lowest BCUT2D eigenvalue weighted by molar-refractivity contribution is 0.0383. The van der Waals surface area contributed by atoms with Crippen molar-refractivity contribution in [3.8, 4) is 0 Å². The van der Waals surface area contributed by atoms with Crippen molar-refractivity contribution in [2.45, 2.75) is 0 Å². The van der Waals surface area contributed by atoms with E-state index in [0.29, 0.717) is 18.1 Å². The number of carbonyl (C=O) groups is 1. The molecule has 29 heavy (non-hydrogen) atoms. The van der Waals surface area contributed by atoms with Crippen molar-refractivity contribution in [1.82, 2.24) is 30.2 Å². The number of hydrogen-bond donors (Lipinski definition) is 1. The molecule has 2 saturated heterocycles. The maximum absolute atomic E-state index is 12.3. The standard InChI is InChI=1S/C19H26N8O2/c28-17(20-4-5-25-10-12-29-13-11-25)16-14-23-19(24-15-16)27-8-6-26(7-9-27)18-21-2-1-3-22-18/h1-3,14-15H,4-13H2,(H,20,28). The van der Waals surface area contributed by atoms with E-state index in [0.717, 1.165) is 65.0 Å². The minimum atomic E-state index is -0.143. The van der Waals surface area contributed by atoms with Crippen LogP contribution in [0.3, 0.4) is 0 Å². The Kier molecular flexibility index (Phi) is 6.42. The number of ether oxygens (including phenoxy) is 1. The number of amides is 1. The zero-order valence-corrected chi connectivity index (χ0v) is 16.4. The number of anilines is 2. The number of nitrogens with zero attached hydrogens (tertiary/aromatic N) is 7. The first-order valence-electron chi connectivity index (χ1n) is 9.97. The fraction of sp³-hybridized carbons (Fsp3) is 0.526. The van der Waals surface area contributed by atoms with E-state index < -0.39 is 0 Å². The topological polar surface area (TPSA) is 99.6 Å². The minimum absolute atomic E-state index is 0.143. The predicted octanol–water partition coefficient (Wildman–Crippen LogP) is -0.345. The van der Waals surface area contributed by atoms with Gasteiger partial charge in [-0.2, -0.15) is 0 Å². The van der Waals surface area contributed by atoms with Crippen molar-refractivity contribution < 1.29 is 9.53 Å². The maximum Gasteiger partial charge on any atom is 0.254 e. The fourth-order valence-corrected chi connectivity index (χ4v) is 3.42. The van der Waals surface area contributed by atoms with Gasteiger partial charge >= 0.3 is 0 Å². The van der Waals surface area contributed by atoms with E-state index in [2.05, 4.69) is 40.0 Å². The fourth-order valence-electron chi connectivity index (χ4n) is 3.42. The van der Waals surface area contributed by atoms with Crippen molar-refractivity contribution in [3.63, 3.8) is 0 Å². The zero-order chi connectivity index (χ0) is 19.9. The third kappa shape index (κ3) is 5.15. The Bertz CT molecular complexity index is 775.